The van der Waals surface area contributed by atoms with Gasteiger partial charge in [-0.25, -0.2) is 0 Å². The maximum absolute atomic E-state index is 12.6. The number of nitrogens with zero attached hydrogens (tertiary/aromatic N) is 1. The number of hydrogen-bond donors (Lipinski definition) is 0. The first-order valence-corrected chi connectivity index (χ1v) is 8.40. The Bertz CT molecular complexity index is 768. The monoisotopic (exact) mass is 337 g/mol. The number of fused-ring (bicyclic) bond motifs is 1. The lowest BCUT2D eigenvalue weighted by atomic mass is 10.0. The Morgan fingerprint density at radius 2 is 2.00 bits per heavy atom. The molecule has 3 rings (SSSR count). The van der Waals surface area contributed by atoms with Crippen LogP contribution in [0, 0.1) is 0 Å². The van der Waals surface area contributed by atoms with Gasteiger partial charge in [-0.1, -0.05) is 36.4 Å². The zero-order valence-corrected chi connectivity index (χ0v) is 14.7. The van der Waals surface area contributed by atoms with Crippen LogP contribution in [0.3, 0.4) is 0 Å². The highest BCUT2D eigenvalue weighted by atomic mass is 16.5. The first kappa shape index (κ1) is 17.1. The first-order valence-electron chi connectivity index (χ1n) is 8.40. The van der Waals surface area contributed by atoms with Crippen LogP contribution in [-0.2, 0) is 11.2 Å². The van der Waals surface area contributed by atoms with Gasteiger partial charge in [0.2, 0.25) is 0 Å². The van der Waals surface area contributed by atoms with Crippen LogP contribution in [0.15, 0.2) is 61.2 Å². The predicted molar refractivity (Wildman–Crippen MR) is 99.3 cm³/mol. The van der Waals surface area contributed by atoms with Crippen molar-refractivity contribution in [3.05, 3.63) is 66.7 Å². The summed E-state index contributed by atoms with van der Waals surface area (Å²) in [6.45, 7) is 8.21. The van der Waals surface area contributed by atoms with Crippen molar-refractivity contribution in [2.24, 2.45) is 0 Å². The molecule has 0 bridgehead atoms. The maximum atomic E-state index is 12.6. The van der Waals surface area contributed by atoms with E-state index < -0.39 is 0 Å². The largest absolute Gasteiger partial charge is 0.483 e. The van der Waals surface area contributed by atoms with E-state index >= 15 is 0 Å². The highest BCUT2D eigenvalue weighted by Crippen LogP contribution is 2.41. The summed E-state index contributed by atoms with van der Waals surface area (Å²) in [4.78, 5) is 14.3. The summed E-state index contributed by atoms with van der Waals surface area (Å²) in [5, 5.41) is 0. The summed E-state index contributed by atoms with van der Waals surface area (Å²) in [5.41, 5.74) is 1.69. The molecule has 0 spiro atoms. The summed E-state index contributed by atoms with van der Waals surface area (Å²) < 4.78 is 11.8. The molecule has 0 aromatic heterocycles. The summed E-state index contributed by atoms with van der Waals surface area (Å²) in [5.74, 6) is 1.24. The third-order valence-electron chi connectivity index (χ3n) is 4.09. The molecule has 0 unspecified atom stereocenters. The molecule has 1 aliphatic rings. The molecule has 1 amide bonds. The van der Waals surface area contributed by atoms with Crippen LogP contribution < -0.4 is 14.4 Å². The number of rotatable bonds is 6. The number of carbonyl (C=O) groups excluding carboxylic acids is 1. The zero-order valence-electron chi connectivity index (χ0n) is 14.7. The molecule has 25 heavy (non-hydrogen) atoms. The van der Waals surface area contributed by atoms with E-state index in [9.17, 15) is 4.79 Å². The second-order valence-corrected chi connectivity index (χ2v) is 6.70. The van der Waals surface area contributed by atoms with E-state index in [-0.39, 0.29) is 18.1 Å². The Kier molecular flexibility index (Phi) is 4.79. The summed E-state index contributed by atoms with van der Waals surface area (Å²) in [7, 11) is 0. The van der Waals surface area contributed by atoms with E-state index in [0.29, 0.717) is 12.3 Å². The van der Waals surface area contributed by atoms with E-state index in [0.717, 1.165) is 23.4 Å². The molecule has 1 aliphatic heterocycles. The zero-order chi connectivity index (χ0) is 17.9. The van der Waals surface area contributed by atoms with Crippen molar-refractivity contribution in [1.82, 2.24) is 0 Å². The fraction of sp³-hybridized carbons (Fsp3) is 0.286. The molecule has 2 aromatic carbocycles. The Morgan fingerprint density at radius 1 is 1.24 bits per heavy atom. The lowest BCUT2D eigenvalue weighted by Crippen LogP contribution is -2.35. The average molecular weight is 337 g/mol. The Labute approximate surface area is 148 Å². The molecule has 4 nitrogen and oxygen atoms in total. The van der Waals surface area contributed by atoms with Crippen LogP contribution in [0.1, 0.15) is 19.4 Å². The second kappa shape index (κ2) is 7.01. The molecule has 0 fully saturated rings. The molecule has 4 heteroatoms. The smallest absolute Gasteiger partial charge is 0.265 e. The molecule has 0 aliphatic carbocycles. The number of carbonyl (C=O) groups is 1. The molecule has 0 saturated carbocycles. The van der Waals surface area contributed by atoms with Gasteiger partial charge in [0, 0.05) is 24.2 Å². The summed E-state index contributed by atoms with van der Waals surface area (Å²) >= 11 is 0. The van der Waals surface area contributed by atoms with Gasteiger partial charge in [-0.15, -0.1) is 6.58 Å². The van der Waals surface area contributed by atoms with Crippen molar-refractivity contribution >= 4 is 11.6 Å². The molecular weight excluding hydrogens is 314 g/mol. The van der Waals surface area contributed by atoms with Crippen LogP contribution in [0.4, 0.5) is 5.69 Å². The normalized spacial score (nSPS) is 14.3. The second-order valence-electron chi connectivity index (χ2n) is 6.70. The highest BCUT2D eigenvalue weighted by Gasteiger charge is 2.32. The molecule has 0 N–H and O–H groups in total. The minimum absolute atomic E-state index is 0.0526. The van der Waals surface area contributed by atoms with Crippen molar-refractivity contribution in [2.75, 3.05) is 18.1 Å². The highest BCUT2D eigenvalue weighted by molar-refractivity contribution is 5.94. The number of hydrogen-bond acceptors (Lipinski definition) is 3. The quantitative estimate of drug-likeness (QED) is 0.748. The fourth-order valence-electron chi connectivity index (χ4n) is 3.01. The number of amides is 1. The van der Waals surface area contributed by atoms with E-state index in [1.807, 2.05) is 62.4 Å². The summed E-state index contributed by atoms with van der Waals surface area (Å²) in [6, 6.07) is 15.3. The van der Waals surface area contributed by atoms with Crippen molar-refractivity contribution in [1.29, 1.82) is 0 Å². The van der Waals surface area contributed by atoms with E-state index in [4.69, 9.17) is 9.47 Å². The van der Waals surface area contributed by atoms with Gasteiger partial charge in [-0.2, -0.15) is 0 Å². The molecule has 130 valence electrons. The number of benzene rings is 2. The number of para-hydroxylation sites is 2. The lowest BCUT2D eigenvalue weighted by Gasteiger charge is -2.22. The van der Waals surface area contributed by atoms with Crippen molar-refractivity contribution in [3.8, 4) is 11.5 Å². The van der Waals surface area contributed by atoms with E-state index in [1.165, 1.54) is 0 Å². The molecule has 2 aromatic rings. The van der Waals surface area contributed by atoms with Crippen LogP contribution >= 0.6 is 0 Å². The van der Waals surface area contributed by atoms with Crippen LogP contribution in [0.5, 0.6) is 11.5 Å². The fourth-order valence-corrected chi connectivity index (χ4v) is 3.01. The first-order chi connectivity index (χ1) is 12.0. The van der Waals surface area contributed by atoms with Gasteiger partial charge in [0.25, 0.3) is 5.91 Å². The van der Waals surface area contributed by atoms with E-state index in [2.05, 4.69) is 6.58 Å². The molecular formula is C21H23NO3. The standard InChI is InChI=1S/C21H23NO3/c1-4-13-22(17-10-6-5-7-11-17)19(23)15-24-18-12-8-9-16-14-21(2,3)25-20(16)18/h4-12H,1,13-15H2,2-3H3. The van der Waals surface area contributed by atoms with Crippen molar-refractivity contribution in [3.63, 3.8) is 0 Å². The Hall–Kier alpha value is -2.75. The molecule has 1 heterocycles. The van der Waals surface area contributed by atoms with Gasteiger partial charge in [0.15, 0.2) is 18.1 Å². The minimum atomic E-state index is -0.245. The van der Waals surface area contributed by atoms with Crippen molar-refractivity contribution < 1.29 is 14.3 Å². The van der Waals surface area contributed by atoms with Gasteiger partial charge in [0.05, 0.1) is 0 Å². The Morgan fingerprint density at radius 3 is 2.72 bits per heavy atom. The van der Waals surface area contributed by atoms with Gasteiger partial charge in [-0.3, -0.25) is 4.79 Å². The maximum Gasteiger partial charge on any atom is 0.265 e. The summed E-state index contributed by atoms with van der Waals surface area (Å²) in [6.07, 6.45) is 2.54. The van der Waals surface area contributed by atoms with Gasteiger partial charge >= 0.3 is 0 Å². The van der Waals surface area contributed by atoms with Gasteiger partial charge in [-0.05, 0) is 32.0 Å². The number of ether oxygens (including phenoxy) is 2. The SMILES string of the molecule is C=CCN(C(=O)COc1cccc2c1OC(C)(C)C2)c1ccccc1. The third kappa shape index (κ3) is 3.85. The van der Waals surface area contributed by atoms with E-state index in [1.54, 1.807) is 11.0 Å². The van der Waals surface area contributed by atoms with Gasteiger partial charge < -0.3 is 14.4 Å². The lowest BCUT2D eigenvalue weighted by molar-refractivity contribution is -0.120. The molecule has 0 atom stereocenters. The van der Waals surface area contributed by atoms with Crippen molar-refractivity contribution in [2.45, 2.75) is 25.9 Å². The predicted octanol–water partition coefficient (Wildman–Crippen LogP) is 4.00. The molecule has 0 saturated heterocycles. The Balaban J connectivity index is 1.72. The van der Waals surface area contributed by atoms with Crippen LogP contribution in [-0.4, -0.2) is 24.7 Å². The minimum Gasteiger partial charge on any atom is -0.483 e. The molecule has 0 radical (unpaired) electrons. The van der Waals surface area contributed by atoms with Crippen LogP contribution in [0.25, 0.3) is 0 Å². The van der Waals surface area contributed by atoms with Crippen LogP contribution in [0.2, 0.25) is 0 Å². The average Bonchev–Trinajstić information content (AvgIpc) is 2.92. The number of anilines is 1. The van der Waals surface area contributed by atoms with Gasteiger partial charge in [0.1, 0.15) is 5.60 Å². The topological polar surface area (TPSA) is 38.8 Å². The third-order valence-corrected chi connectivity index (χ3v) is 4.09.